The molecule has 0 atom stereocenters. The van der Waals surface area contributed by atoms with Gasteiger partial charge < -0.3 is 9.80 Å². The molecule has 0 aliphatic carbocycles. The maximum atomic E-state index is 13.1. The molecule has 2 amide bonds. The van der Waals surface area contributed by atoms with Crippen molar-refractivity contribution in [2.75, 3.05) is 26.2 Å². The van der Waals surface area contributed by atoms with Gasteiger partial charge in [-0.1, -0.05) is 18.2 Å². The Bertz CT molecular complexity index is 1160. The Morgan fingerprint density at radius 1 is 0.879 bits per heavy atom. The number of aryl methyl sites for hydroxylation is 2. The summed E-state index contributed by atoms with van der Waals surface area (Å²) >= 11 is 0. The molecule has 0 bridgehead atoms. The molecule has 0 unspecified atom stereocenters. The number of rotatable bonds is 5. The molecule has 0 N–H and O–H groups in total. The second kappa shape index (κ2) is 9.23. The van der Waals surface area contributed by atoms with E-state index >= 15 is 0 Å². The number of benzene rings is 2. The van der Waals surface area contributed by atoms with E-state index in [1.165, 1.54) is 21.3 Å². The molecule has 4 rings (SSSR count). The van der Waals surface area contributed by atoms with Gasteiger partial charge in [-0.2, -0.15) is 4.31 Å². The molecule has 2 aromatic carbocycles. The predicted molar refractivity (Wildman–Crippen MR) is 121 cm³/mol. The van der Waals surface area contributed by atoms with E-state index in [-0.39, 0.29) is 23.3 Å². The fraction of sp³-hybridized carbons (Fsp3) is 0.417. The lowest BCUT2D eigenvalue weighted by Gasteiger charge is -2.41. The molecule has 176 valence electrons. The van der Waals surface area contributed by atoms with Gasteiger partial charge in [-0.05, 0) is 67.6 Å². The molecule has 9 heteroatoms. The molecule has 2 aromatic rings. The highest BCUT2D eigenvalue weighted by Crippen LogP contribution is 2.26. The number of piperidine rings is 1. The minimum Gasteiger partial charge on any atom is -0.330 e. The van der Waals surface area contributed by atoms with E-state index in [2.05, 4.69) is 0 Å². The Morgan fingerprint density at radius 3 is 2.18 bits per heavy atom. The molecule has 0 radical (unpaired) electrons. The Labute approximate surface area is 193 Å². The molecule has 0 saturated carbocycles. The zero-order valence-electron chi connectivity index (χ0n) is 18.8. The van der Waals surface area contributed by atoms with Crippen molar-refractivity contribution >= 4 is 21.8 Å². The Morgan fingerprint density at radius 2 is 1.55 bits per heavy atom. The van der Waals surface area contributed by atoms with Crippen LogP contribution in [-0.2, 0) is 26.2 Å². The second-order valence-corrected chi connectivity index (χ2v) is 10.7. The van der Waals surface area contributed by atoms with E-state index in [9.17, 15) is 22.4 Å². The highest BCUT2D eigenvalue weighted by atomic mass is 32.2. The van der Waals surface area contributed by atoms with Crippen molar-refractivity contribution in [3.63, 3.8) is 0 Å². The summed E-state index contributed by atoms with van der Waals surface area (Å²) in [6.07, 6.45) is 0.974. The first-order valence-electron chi connectivity index (χ1n) is 11.1. The average Bonchev–Trinajstić information content (AvgIpc) is 2.80. The van der Waals surface area contributed by atoms with E-state index < -0.39 is 21.8 Å². The summed E-state index contributed by atoms with van der Waals surface area (Å²) in [4.78, 5) is 28.8. The molecule has 0 spiro atoms. The highest BCUT2D eigenvalue weighted by molar-refractivity contribution is 7.89. The SMILES string of the molecule is Cc1ccc(S(=O)(=O)N2CCC(N3CCN(Cc4ccc(F)cc4)C(=O)C3=O)CC2)cc1C. The minimum atomic E-state index is -3.60. The van der Waals surface area contributed by atoms with E-state index in [4.69, 9.17) is 0 Å². The van der Waals surface area contributed by atoms with E-state index in [1.54, 1.807) is 29.2 Å². The van der Waals surface area contributed by atoms with Gasteiger partial charge in [0, 0.05) is 38.8 Å². The third kappa shape index (κ3) is 4.79. The van der Waals surface area contributed by atoms with Gasteiger partial charge in [-0.25, -0.2) is 12.8 Å². The maximum absolute atomic E-state index is 13.1. The molecule has 2 fully saturated rings. The lowest BCUT2D eigenvalue weighted by Crippen LogP contribution is -2.58. The number of nitrogens with zero attached hydrogens (tertiary/aromatic N) is 3. The van der Waals surface area contributed by atoms with Crippen LogP contribution in [0.2, 0.25) is 0 Å². The highest BCUT2D eigenvalue weighted by Gasteiger charge is 2.39. The van der Waals surface area contributed by atoms with Crippen molar-refractivity contribution in [2.45, 2.75) is 44.2 Å². The first-order chi connectivity index (χ1) is 15.7. The molecule has 33 heavy (non-hydrogen) atoms. The molecule has 2 saturated heterocycles. The van der Waals surface area contributed by atoms with Crippen LogP contribution < -0.4 is 0 Å². The van der Waals surface area contributed by atoms with Gasteiger partial charge >= 0.3 is 11.8 Å². The van der Waals surface area contributed by atoms with Crippen LogP contribution in [0.5, 0.6) is 0 Å². The smallest absolute Gasteiger partial charge is 0.312 e. The number of piperazine rings is 1. The molecule has 2 aliphatic rings. The fourth-order valence-electron chi connectivity index (χ4n) is 4.42. The number of carbonyl (C=O) groups excluding carboxylic acids is 2. The minimum absolute atomic E-state index is 0.166. The lowest BCUT2D eigenvalue weighted by atomic mass is 10.0. The van der Waals surface area contributed by atoms with E-state index in [0.717, 1.165) is 16.7 Å². The van der Waals surface area contributed by atoms with Gasteiger partial charge in [0.25, 0.3) is 0 Å². The third-order valence-electron chi connectivity index (χ3n) is 6.61. The quantitative estimate of drug-likeness (QED) is 0.625. The molecule has 7 nitrogen and oxygen atoms in total. The number of hydrogen-bond donors (Lipinski definition) is 0. The molecule has 2 heterocycles. The number of hydrogen-bond acceptors (Lipinski definition) is 4. The van der Waals surface area contributed by atoms with Crippen LogP contribution in [0.3, 0.4) is 0 Å². The summed E-state index contributed by atoms with van der Waals surface area (Å²) in [5, 5.41) is 0. The van der Waals surface area contributed by atoms with Crippen LogP contribution in [-0.4, -0.2) is 66.6 Å². The predicted octanol–water partition coefficient (Wildman–Crippen LogP) is 2.47. The summed E-state index contributed by atoms with van der Waals surface area (Å²) in [6.45, 7) is 5.48. The van der Waals surface area contributed by atoms with Gasteiger partial charge in [-0.15, -0.1) is 0 Å². The van der Waals surface area contributed by atoms with Crippen molar-refractivity contribution in [2.24, 2.45) is 0 Å². The zero-order chi connectivity index (χ0) is 23.8. The summed E-state index contributed by atoms with van der Waals surface area (Å²) in [5.41, 5.74) is 2.72. The molecule has 2 aliphatic heterocycles. The van der Waals surface area contributed by atoms with Crippen molar-refractivity contribution < 1.29 is 22.4 Å². The van der Waals surface area contributed by atoms with Gasteiger partial charge in [0.1, 0.15) is 5.82 Å². The lowest BCUT2D eigenvalue weighted by molar-refractivity contribution is -0.158. The topological polar surface area (TPSA) is 78.0 Å². The fourth-order valence-corrected chi connectivity index (χ4v) is 5.97. The Kier molecular flexibility index (Phi) is 6.54. The van der Waals surface area contributed by atoms with Crippen LogP contribution in [0.1, 0.15) is 29.5 Å². The largest absolute Gasteiger partial charge is 0.330 e. The van der Waals surface area contributed by atoms with Gasteiger partial charge in [0.05, 0.1) is 4.90 Å². The molecular weight excluding hydrogens is 445 g/mol. The average molecular weight is 474 g/mol. The third-order valence-corrected chi connectivity index (χ3v) is 8.50. The van der Waals surface area contributed by atoms with Crippen LogP contribution in [0.4, 0.5) is 4.39 Å². The van der Waals surface area contributed by atoms with Crippen molar-refractivity contribution in [1.29, 1.82) is 0 Å². The number of carbonyl (C=O) groups is 2. The van der Waals surface area contributed by atoms with Crippen LogP contribution in [0.15, 0.2) is 47.4 Å². The zero-order valence-corrected chi connectivity index (χ0v) is 19.6. The Balaban J connectivity index is 1.37. The van der Waals surface area contributed by atoms with E-state index in [1.807, 2.05) is 19.9 Å². The van der Waals surface area contributed by atoms with Crippen LogP contribution in [0.25, 0.3) is 0 Å². The van der Waals surface area contributed by atoms with Crippen molar-refractivity contribution in [3.8, 4) is 0 Å². The molecular formula is C24H28FN3O4S. The van der Waals surface area contributed by atoms with Gasteiger partial charge in [-0.3, -0.25) is 9.59 Å². The summed E-state index contributed by atoms with van der Waals surface area (Å²) < 4.78 is 40.7. The summed E-state index contributed by atoms with van der Waals surface area (Å²) in [7, 11) is -3.60. The molecule has 0 aromatic heterocycles. The standard InChI is InChI=1S/C24H28FN3O4S/c1-17-3-8-22(15-18(17)2)33(31,32)27-11-9-21(10-12-27)28-14-13-26(23(29)24(28)30)16-19-4-6-20(25)7-5-19/h3-8,15,21H,9-14,16H2,1-2H3. The summed E-state index contributed by atoms with van der Waals surface area (Å²) in [6, 6.07) is 10.8. The van der Waals surface area contributed by atoms with Gasteiger partial charge in [0.2, 0.25) is 10.0 Å². The first-order valence-corrected chi connectivity index (χ1v) is 12.5. The number of sulfonamides is 1. The van der Waals surface area contributed by atoms with E-state index in [0.29, 0.717) is 39.0 Å². The Hall–Kier alpha value is -2.78. The summed E-state index contributed by atoms with van der Waals surface area (Å²) in [5.74, 6) is -1.48. The first kappa shape index (κ1) is 23.4. The second-order valence-electron chi connectivity index (χ2n) is 8.73. The van der Waals surface area contributed by atoms with Crippen LogP contribution in [0, 0.1) is 19.7 Å². The van der Waals surface area contributed by atoms with Gasteiger partial charge in [0.15, 0.2) is 0 Å². The van der Waals surface area contributed by atoms with Crippen molar-refractivity contribution in [3.05, 3.63) is 65.0 Å². The maximum Gasteiger partial charge on any atom is 0.312 e. The van der Waals surface area contributed by atoms with Crippen LogP contribution >= 0.6 is 0 Å². The van der Waals surface area contributed by atoms with Crippen molar-refractivity contribution in [1.82, 2.24) is 14.1 Å². The monoisotopic (exact) mass is 473 g/mol. The number of amides is 2. The normalized spacial score (nSPS) is 18.8. The number of halogens is 1.